The number of hydrogen-bond donors (Lipinski definition) is 1. The second-order valence-corrected chi connectivity index (χ2v) is 4.57. The Morgan fingerprint density at radius 2 is 2.19 bits per heavy atom. The minimum atomic E-state index is 0.315. The third kappa shape index (κ3) is 3.06. The van der Waals surface area contributed by atoms with Gasteiger partial charge in [-0.2, -0.15) is 0 Å². The van der Waals surface area contributed by atoms with Crippen LogP contribution in [0.1, 0.15) is 37.1 Å². The monoisotopic (exact) mass is 225 g/mol. The SMILES string of the molecule is Cc1cc(COC2CCC(CO)CC2)no1. The van der Waals surface area contributed by atoms with Gasteiger partial charge in [0.25, 0.3) is 0 Å². The molecule has 1 fully saturated rings. The summed E-state index contributed by atoms with van der Waals surface area (Å²) in [4.78, 5) is 0. The third-order valence-electron chi connectivity index (χ3n) is 3.20. The zero-order valence-corrected chi connectivity index (χ0v) is 9.69. The maximum Gasteiger partial charge on any atom is 0.134 e. The van der Waals surface area contributed by atoms with Crippen molar-refractivity contribution in [1.82, 2.24) is 5.16 Å². The Labute approximate surface area is 95.6 Å². The number of rotatable bonds is 4. The van der Waals surface area contributed by atoms with Gasteiger partial charge in [-0.05, 0) is 38.5 Å². The molecule has 1 heterocycles. The first-order valence-electron chi connectivity index (χ1n) is 5.92. The third-order valence-corrected chi connectivity index (χ3v) is 3.20. The van der Waals surface area contributed by atoms with Gasteiger partial charge >= 0.3 is 0 Å². The lowest BCUT2D eigenvalue weighted by Crippen LogP contribution is -2.23. The quantitative estimate of drug-likeness (QED) is 0.852. The summed E-state index contributed by atoms with van der Waals surface area (Å²) in [5.41, 5.74) is 0.863. The molecule has 0 aliphatic heterocycles. The van der Waals surface area contributed by atoms with Gasteiger partial charge in [-0.3, -0.25) is 0 Å². The minimum absolute atomic E-state index is 0.315. The lowest BCUT2D eigenvalue weighted by atomic mass is 9.88. The van der Waals surface area contributed by atoms with Crippen molar-refractivity contribution < 1.29 is 14.4 Å². The Balaban J connectivity index is 1.71. The molecule has 0 aromatic carbocycles. The Kier molecular flexibility index (Phi) is 3.96. The molecule has 16 heavy (non-hydrogen) atoms. The van der Waals surface area contributed by atoms with E-state index in [0.29, 0.717) is 25.2 Å². The fourth-order valence-corrected chi connectivity index (χ4v) is 2.17. The van der Waals surface area contributed by atoms with Crippen molar-refractivity contribution in [1.29, 1.82) is 0 Å². The Hall–Kier alpha value is -0.870. The zero-order valence-electron chi connectivity index (χ0n) is 9.69. The molecule has 0 saturated heterocycles. The fourth-order valence-electron chi connectivity index (χ4n) is 2.17. The molecule has 0 amide bonds. The maximum atomic E-state index is 9.02. The number of aliphatic hydroxyl groups is 1. The van der Waals surface area contributed by atoms with Crippen molar-refractivity contribution >= 4 is 0 Å². The predicted molar refractivity (Wildman–Crippen MR) is 58.9 cm³/mol. The van der Waals surface area contributed by atoms with Gasteiger partial charge in [0.2, 0.25) is 0 Å². The van der Waals surface area contributed by atoms with Gasteiger partial charge in [0.15, 0.2) is 0 Å². The number of hydrogen-bond acceptors (Lipinski definition) is 4. The highest BCUT2D eigenvalue weighted by Crippen LogP contribution is 2.26. The summed E-state index contributed by atoms with van der Waals surface area (Å²) in [5, 5.41) is 12.9. The van der Waals surface area contributed by atoms with Crippen LogP contribution in [-0.4, -0.2) is 23.0 Å². The molecule has 0 unspecified atom stereocenters. The molecule has 4 heteroatoms. The average molecular weight is 225 g/mol. The molecule has 0 spiro atoms. The number of aromatic nitrogens is 1. The first-order valence-corrected chi connectivity index (χ1v) is 5.92. The summed E-state index contributed by atoms with van der Waals surface area (Å²) in [6.45, 7) is 2.73. The number of nitrogens with zero attached hydrogens (tertiary/aromatic N) is 1. The molecule has 1 aliphatic carbocycles. The maximum absolute atomic E-state index is 9.02. The van der Waals surface area contributed by atoms with Gasteiger partial charge in [-0.15, -0.1) is 0 Å². The van der Waals surface area contributed by atoms with E-state index in [9.17, 15) is 0 Å². The lowest BCUT2D eigenvalue weighted by Gasteiger charge is -2.26. The van der Waals surface area contributed by atoms with Crippen LogP contribution >= 0.6 is 0 Å². The molecule has 1 aliphatic rings. The van der Waals surface area contributed by atoms with Crippen LogP contribution in [0.3, 0.4) is 0 Å². The molecule has 1 aromatic heterocycles. The highest BCUT2D eigenvalue weighted by atomic mass is 16.5. The molecular weight excluding hydrogens is 206 g/mol. The Bertz CT molecular complexity index is 316. The zero-order chi connectivity index (χ0) is 11.4. The van der Waals surface area contributed by atoms with Crippen molar-refractivity contribution in [2.45, 2.75) is 45.3 Å². The summed E-state index contributed by atoms with van der Waals surface area (Å²) in [5.74, 6) is 1.30. The van der Waals surface area contributed by atoms with Gasteiger partial charge in [0, 0.05) is 12.7 Å². The van der Waals surface area contributed by atoms with Crippen molar-refractivity contribution in [3.8, 4) is 0 Å². The molecular formula is C12H19NO3. The molecule has 0 bridgehead atoms. The van der Waals surface area contributed by atoms with E-state index in [0.717, 1.165) is 37.1 Å². The van der Waals surface area contributed by atoms with Crippen molar-refractivity contribution in [2.75, 3.05) is 6.61 Å². The van der Waals surface area contributed by atoms with E-state index >= 15 is 0 Å². The highest BCUT2D eigenvalue weighted by Gasteiger charge is 2.21. The van der Waals surface area contributed by atoms with E-state index in [1.807, 2.05) is 13.0 Å². The van der Waals surface area contributed by atoms with Crippen LogP contribution in [0.2, 0.25) is 0 Å². The first-order chi connectivity index (χ1) is 7.78. The normalized spacial score (nSPS) is 25.9. The predicted octanol–water partition coefficient (Wildman–Crippen LogP) is 2.05. The van der Waals surface area contributed by atoms with Crippen LogP contribution in [0.4, 0.5) is 0 Å². The van der Waals surface area contributed by atoms with Crippen molar-refractivity contribution in [2.24, 2.45) is 5.92 Å². The smallest absolute Gasteiger partial charge is 0.134 e. The average Bonchev–Trinajstić information content (AvgIpc) is 2.73. The molecule has 2 rings (SSSR count). The topological polar surface area (TPSA) is 55.5 Å². The first kappa shape index (κ1) is 11.6. The molecule has 0 radical (unpaired) electrons. The van der Waals surface area contributed by atoms with Crippen LogP contribution in [0.15, 0.2) is 10.6 Å². The van der Waals surface area contributed by atoms with E-state index in [4.69, 9.17) is 14.4 Å². The van der Waals surface area contributed by atoms with Crippen LogP contribution in [-0.2, 0) is 11.3 Å². The van der Waals surface area contributed by atoms with Gasteiger partial charge in [-0.25, -0.2) is 0 Å². The molecule has 1 aromatic rings. The van der Waals surface area contributed by atoms with E-state index < -0.39 is 0 Å². The molecule has 90 valence electrons. The van der Waals surface area contributed by atoms with Gasteiger partial charge in [-0.1, -0.05) is 5.16 Å². The molecule has 1 N–H and O–H groups in total. The highest BCUT2D eigenvalue weighted by molar-refractivity contribution is 5.01. The van der Waals surface area contributed by atoms with Crippen LogP contribution in [0.5, 0.6) is 0 Å². The summed E-state index contributed by atoms with van der Waals surface area (Å²) >= 11 is 0. The standard InChI is InChI=1S/C12H19NO3/c1-9-6-11(13-16-9)8-15-12-4-2-10(7-14)3-5-12/h6,10,12,14H,2-5,7-8H2,1H3. The van der Waals surface area contributed by atoms with E-state index in [1.54, 1.807) is 0 Å². The minimum Gasteiger partial charge on any atom is -0.396 e. The van der Waals surface area contributed by atoms with Gasteiger partial charge in [0.05, 0.1) is 12.7 Å². The lowest BCUT2D eigenvalue weighted by molar-refractivity contribution is -0.00102. The molecule has 1 saturated carbocycles. The number of ether oxygens (including phenoxy) is 1. The second-order valence-electron chi connectivity index (χ2n) is 4.57. The molecule has 0 atom stereocenters. The summed E-state index contributed by atoms with van der Waals surface area (Å²) in [7, 11) is 0. The van der Waals surface area contributed by atoms with Crippen molar-refractivity contribution in [3.05, 3.63) is 17.5 Å². The summed E-state index contributed by atoms with van der Waals surface area (Å²) < 4.78 is 10.7. The fraction of sp³-hybridized carbons (Fsp3) is 0.750. The van der Waals surface area contributed by atoms with Crippen LogP contribution in [0, 0.1) is 12.8 Å². The van der Waals surface area contributed by atoms with Crippen molar-refractivity contribution in [3.63, 3.8) is 0 Å². The Morgan fingerprint density at radius 1 is 1.44 bits per heavy atom. The summed E-state index contributed by atoms with van der Waals surface area (Å²) in [6, 6.07) is 1.90. The van der Waals surface area contributed by atoms with Crippen LogP contribution in [0.25, 0.3) is 0 Å². The van der Waals surface area contributed by atoms with Gasteiger partial charge in [0.1, 0.15) is 11.5 Å². The number of aliphatic hydroxyl groups excluding tert-OH is 1. The van der Waals surface area contributed by atoms with E-state index in [2.05, 4.69) is 5.16 Å². The second kappa shape index (κ2) is 5.46. The van der Waals surface area contributed by atoms with E-state index in [-0.39, 0.29) is 0 Å². The van der Waals surface area contributed by atoms with Gasteiger partial charge < -0.3 is 14.4 Å². The van der Waals surface area contributed by atoms with E-state index in [1.165, 1.54) is 0 Å². The van der Waals surface area contributed by atoms with Crippen LogP contribution < -0.4 is 0 Å². The largest absolute Gasteiger partial charge is 0.396 e. The number of aryl methyl sites for hydroxylation is 1. The molecule has 4 nitrogen and oxygen atoms in total. The summed E-state index contributed by atoms with van der Waals surface area (Å²) in [6.07, 6.45) is 4.54. The Morgan fingerprint density at radius 3 is 2.75 bits per heavy atom.